The van der Waals surface area contributed by atoms with E-state index in [0.29, 0.717) is 45.2 Å². The fraction of sp³-hybridized carbons (Fsp3) is 0.167. The third-order valence-corrected chi connectivity index (χ3v) is 6.77. The van der Waals surface area contributed by atoms with E-state index in [1.165, 1.54) is 26.4 Å². The molecule has 0 bridgehead atoms. The second kappa shape index (κ2) is 9.89. The van der Waals surface area contributed by atoms with Crippen molar-refractivity contribution in [1.29, 1.82) is 0 Å². The monoisotopic (exact) mass is 511 g/mol. The average molecular weight is 512 g/mol. The molecule has 0 amide bonds. The molecule has 8 heteroatoms. The molecule has 0 spiro atoms. The molecule has 0 saturated heterocycles. The zero-order chi connectivity index (χ0) is 27.0. The number of dihydropyridines is 1. The molecule has 5 rings (SSSR count). The number of ketones is 1. The lowest BCUT2D eigenvalue weighted by molar-refractivity contribution is -0.136. The zero-order valence-electron chi connectivity index (χ0n) is 21.0. The van der Waals surface area contributed by atoms with Crippen molar-refractivity contribution < 1.29 is 33.7 Å². The molecule has 1 aliphatic carbocycles. The predicted octanol–water partition coefficient (Wildman–Crippen LogP) is 4.71. The summed E-state index contributed by atoms with van der Waals surface area (Å²) >= 11 is 0. The maximum atomic E-state index is 13.6. The van der Waals surface area contributed by atoms with Crippen LogP contribution in [-0.2, 0) is 16.1 Å². The number of aromatic carboxylic acids is 1. The fourth-order valence-electron chi connectivity index (χ4n) is 4.93. The normalized spacial score (nSPS) is 16.0. The van der Waals surface area contributed by atoms with Gasteiger partial charge in [0.2, 0.25) is 0 Å². The summed E-state index contributed by atoms with van der Waals surface area (Å²) in [7, 11) is 2.83. The first-order valence-corrected chi connectivity index (χ1v) is 11.9. The number of hydrogen-bond donors (Lipinski definition) is 2. The minimum Gasteiger partial charge on any atom is -0.493 e. The molecule has 0 aromatic heterocycles. The largest absolute Gasteiger partial charge is 0.493 e. The van der Waals surface area contributed by atoms with Gasteiger partial charge in [-0.1, -0.05) is 42.5 Å². The number of Topliss-reactive ketones (excluding diaryl/α,β-unsaturated/α-hetero) is 1. The van der Waals surface area contributed by atoms with Crippen LogP contribution in [0.2, 0.25) is 0 Å². The standard InChI is InChI=1S/C30H25NO7/c1-16-24(30(35)37-3)25(26-27(31-16)20-6-4-5-7-21(20)28(26)32)19-12-13-22(23(14-19)36-2)38-15-17-8-10-18(11-9-17)29(33)34/h4-14,25,31H,15H2,1-3H3,(H,33,34)/t25-/m1/s1. The number of fused-ring (bicyclic) bond motifs is 2. The Hall–Kier alpha value is -4.85. The van der Waals surface area contributed by atoms with Crippen LogP contribution in [-0.4, -0.2) is 37.0 Å². The number of nitrogens with one attached hydrogen (secondary N) is 1. The number of allylic oxidation sites excluding steroid dienone is 2. The Labute approximate surface area is 219 Å². The number of carboxylic acids is 1. The van der Waals surface area contributed by atoms with Crippen LogP contribution in [0.1, 0.15) is 50.2 Å². The molecular formula is C30H25NO7. The SMILES string of the molecule is COC(=O)C1=C(C)NC2=C(C(=O)c3ccccc32)[C@@H]1c1ccc(OCc2ccc(C(=O)O)cc2)c(OC)c1. The number of carbonyl (C=O) groups excluding carboxylic acids is 2. The number of rotatable bonds is 7. The van der Waals surface area contributed by atoms with Crippen LogP contribution in [0.3, 0.4) is 0 Å². The molecule has 0 radical (unpaired) electrons. The molecule has 8 nitrogen and oxygen atoms in total. The van der Waals surface area contributed by atoms with Gasteiger partial charge in [0.05, 0.1) is 31.1 Å². The minimum atomic E-state index is -0.995. The fourth-order valence-corrected chi connectivity index (χ4v) is 4.93. The van der Waals surface area contributed by atoms with Gasteiger partial charge in [-0.05, 0) is 42.3 Å². The van der Waals surface area contributed by atoms with Crippen molar-refractivity contribution in [3.05, 3.63) is 111 Å². The van der Waals surface area contributed by atoms with Crippen LogP contribution in [0, 0.1) is 0 Å². The van der Waals surface area contributed by atoms with E-state index in [0.717, 1.165) is 11.1 Å². The zero-order valence-corrected chi connectivity index (χ0v) is 21.0. The minimum absolute atomic E-state index is 0.147. The summed E-state index contributed by atoms with van der Waals surface area (Å²) in [6.45, 7) is 1.98. The van der Waals surface area contributed by atoms with Crippen LogP contribution in [0.15, 0.2) is 83.6 Å². The molecule has 1 atom stereocenters. The summed E-state index contributed by atoms with van der Waals surface area (Å²) in [5.41, 5.74) is 5.15. The Morgan fingerprint density at radius 3 is 2.32 bits per heavy atom. The van der Waals surface area contributed by atoms with Crippen molar-refractivity contribution >= 4 is 23.4 Å². The van der Waals surface area contributed by atoms with E-state index in [2.05, 4.69) is 5.32 Å². The molecular weight excluding hydrogens is 486 g/mol. The maximum Gasteiger partial charge on any atom is 0.336 e. The predicted molar refractivity (Wildman–Crippen MR) is 139 cm³/mol. The van der Waals surface area contributed by atoms with Gasteiger partial charge in [0.15, 0.2) is 17.3 Å². The highest BCUT2D eigenvalue weighted by molar-refractivity contribution is 6.23. The van der Waals surface area contributed by atoms with Gasteiger partial charge < -0.3 is 24.6 Å². The van der Waals surface area contributed by atoms with E-state index < -0.39 is 17.9 Å². The maximum absolute atomic E-state index is 13.6. The lowest BCUT2D eigenvalue weighted by atomic mass is 9.79. The van der Waals surface area contributed by atoms with Crippen LogP contribution < -0.4 is 14.8 Å². The van der Waals surface area contributed by atoms with Gasteiger partial charge in [0, 0.05) is 28.3 Å². The van der Waals surface area contributed by atoms with Crippen molar-refractivity contribution in [2.24, 2.45) is 0 Å². The van der Waals surface area contributed by atoms with Crippen LogP contribution >= 0.6 is 0 Å². The van der Waals surface area contributed by atoms with Gasteiger partial charge in [-0.25, -0.2) is 9.59 Å². The Balaban J connectivity index is 1.51. The molecule has 0 fully saturated rings. The Morgan fingerprint density at radius 2 is 1.66 bits per heavy atom. The summed E-state index contributed by atoms with van der Waals surface area (Å²) < 4.78 is 16.7. The topological polar surface area (TPSA) is 111 Å². The number of carbonyl (C=O) groups is 3. The van der Waals surface area contributed by atoms with Crippen molar-refractivity contribution in [3.63, 3.8) is 0 Å². The first-order valence-electron chi connectivity index (χ1n) is 11.9. The van der Waals surface area contributed by atoms with Crippen LogP contribution in [0.25, 0.3) is 5.70 Å². The summed E-state index contributed by atoms with van der Waals surface area (Å²) in [6, 6.07) is 19.1. The Morgan fingerprint density at radius 1 is 0.947 bits per heavy atom. The first-order chi connectivity index (χ1) is 18.3. The molecule has 3 aromatic carbocycles. The molecule has 3 aromatic rings. The van der Waals surface area contributed by atoms with Crippen molar-refractivity contribution in [2.45, 2.75) is 19.4 Å². The lowest BCUT2D eigenvalue weighted by Gasteiger charge is -2.29. The molecule has 2 N–H and O–H groups in total. The van der Waals surface area contributed by atoms with Gasteiger partial charge in [-0.15, -0.1) is 0 Å². The molecule has 0 unspecified atom stereocenters. The Kier molecular flexibility index (Phi) is 6.46. The van der Waals surface area contributed by atoms with Crippen LogP contribution in [0.5, 0.6) is 11.5 Å². The summed E-state index contributed by atoms with van der Waals surface area (Å²) in [4.78, 5) is 37.6. The number of hydrogen-bond acceptors (Lipinski definition) is 7. The summed E-state index contributed by atoms with van der Waals surface area (Å²) in [5, 5.41) is 12.4. The molecule has 1 aliphatic heterocycles. The van der Waals surface area contributed by atoms with E-state index in [1.807, 2.05) is 18.2 Å². The van der Waals surface area contributed by atoms with Gasteiger partial charge in [-0.2, -0.15) is 0 Å². The van der Waals surface area contributed by atoms with E-state index in [1.54, 1.807) is 43.3 Å². The van der Waals surface area contributed by atoms with E-state index >= 15 is 0 Å². The molecule has 192 valence electrons. The smallest absolute Gasteiger partial charge is 0.336 e. The van der Waals surface area contributed by atoms with Gasteiger partial charge >= 0.3 is 11.9 Å². The quantitative estimate of drug-likeness (QED) is 0.439. The second-order valence-electron chi connectivity index (χ2n) is 8.95. The highest BCUT2D eigenvalue weighted by atomic mass is 16.5. The van der Waals surface area contributed by atoms with Gasteiger partial charge in [0.1, 0.15) is 6.61 Å². The van der Waals surface area contributed by atoms with Crippen molar-refractivity contribution in [1.82, 2.24) is 5.32 Å². The highest BCUT2D eigenvalue weighted by Crippen LogP contribution is 2.47. The lowest BCUT2D eigenvalue weighted by Crippen LogP contribution is -2.29. The molecule has 0 saturated carbocycles. The number of methoxy groups -OCH3 is 2. The molecule has 1 heterocycles. The van der Waals surface area contributed by atoms with Crippen LogP contribution in [0.4, 0.5) is 0 Å². The average Bonchev–Trinajstić information content (AvgIpc) is 3.22. The third kappa shape index (κ3) is 4.20. The number of carboxylic acid groups (broad SMARTS) is 1. The Bertz CT molecular complexity index is 1530. The van der Waals surface area contributed by atoms with Gasteiger partial charge in [0.25, 0.3) is 0 Å². The number of esters is 1. The summed E-state index contributed by atoms with van der Waals surface area (Å²) in [6.07, 6.45) is 0. The number of benzene rings is 3. The number of ether oxygens (including phenoxy) is 3. The third-order valence-electron chi connectivity index (χ3n) is 6.77. The van der Waals surface area contributed by atoms with Gasteiger partial charge in [-0.3, -0.25) is 4.79 Å². The van der Waals surface area contributed by atoms with Crippen molar-refractivity contribution in [3.8, 4) is 11.5 Å². The summed E-state index contributed by atoms with van der Waals surface area (Å²) in [5.74, 6) is -1.46. The van der Waals surface area contributed by atoms with E-state index in [-0.39, 0.29) is 18.0 Å². The highest BCUT2D eigenvalue weighted by Gasteiger charge is 2.43. The first kappa shape index (κ1) is 24.8. The second-order valence-corrected chi connectivity index (χ2v) is 8.95. The van der Waals surface area contributed by atoms with E-state index in [4.69, 9.17) is 19.3 Å². The molecule has 2 aliphatic rings. The molecule has 38 heavy (non-hydrogen) atoms. The van der Waals surface area contributed by atoms with E-state index in [9.17, 15) is 14.4 Å². The van der Waals surface area contributed by atoms with Crippen molar-refractivity contribution in [2.75, 3.05) is 14.2 Å².